The number of aromatic amines is 2. The zero-order valence-electron chi connectivity index (χ0n) is 28.2. The van der Waals surface area contributed by atoms with E-state index in [1.54, 1.807) is 6.07 Å². The van der Waals surface area contributed by atoms with Crippen molar-refractivity contribution in [3.63, 3.8) is 0 Å². The summed E-state index contributed by atoms with van der Waals surface area (Å²) in [4.78, 5) is 11.3. The minimum atomic E-state index is -4.35. The lowest BCUT2D eigenvalue weighted by Crippen LogP contribution is -3.00. The number of fused-ring (bicyclic) bond motifs is 2. The summed E-state index contributed by atoms with van der Waals surface area (Å²) in [6, 6.07) is 7.18. The van der Waals surface area contributed by atoms with Gasteiger partial charge in [0, 0.05) is 46.0 Å². The van der Waals surface area contributed by atoms with Crippen molar-refractivity contribution in [2.45, 2.75) is 17.2 Å². The number of nitrogens with zero attached hydrogens (tertiary/aromatic N) is 2. The summed E-state index contributed by atoms with van der Waals surface area (Å²) in [6.45, 7) is -2.54. The summed E-state index contributed by atoms with van der Waals surface area (Å²) in [5.74, 6) is -6.95. The topological polar surface area (TPSA) is 182 Å². The van der Waals surface area contributed by atoms with Gasteiger partial charge in [0.25, 0.3) is 31.0 Å². The van der Waals surface area contributed by atoms with E-state index in [0.29, 0.717) is 22.0 Å². The normalized spacial score (nSPS) is 10.9. The van der Waals surface area contributed by atoms with E-state index in [2.05, 4.69) is 29.4 Å². The molecule has 2 aromatic carbocycles. The van der Waals surface area contributed by atoms with Crippen molar-refractivity contribution in [3.8, 4) is 11.5 Å². The minimum absolute atomic E-state index is 0. The van der Waals surface area contributed by atoms with E-state index in [0.717, 1.165) is 12.3 Å². The van der Waals surface area contributed by atoms with Crippen LogP contribution in [0.15, 0.2) is 58.6 Å². The van der Waals surface area contributed by atoms with Crippen LogP contribution in [-0.2, 0) is 19.1 Å². The number of pyridine rings is 2. The first-order chi connectivity index (χ1) is 25.8. The Bertz CT molecular complexity index is 2590. The molecule has 26 heteroatoms. The SMILES string of the molecule is C.Nc1nc(F)c(OCCF)cc1F.O=S(=O)(Cl)c1c[nH]c2c(Cl)c(Cl)ccc12.O=S(=O)(Nc1nc(F)c(OCCF)cc1F)c1c[nH]c2c(Cl)c(Cl)ccc12.[CH3-].[I-]. The molecule has 0 aliphatic rings. The number of benzene rings is 2. The van der Waals surface area contributed by atoms with Crippen molar-refractivity contribution in [1.29, 1.82) is 0 Å². The maximum Gasteiger partial charge on any atom is 0.265 e. The van der Waals surface area contributed by atoms with Gasteiger partial charge in [-0.1, -0.05) is 53.8 Å². The molecule has 12 nitrogen and oxygen atoms in total. The van der Waals surface area contributed by atoms with Crippen LogP contribution < -0.4 is 43.9 Å². The Hall–Kier alpha value is -3.32. The van der Waals surface area contributed by atoms with E-state index >= 15 is 0 Å². The molecular weight excluding hydrogens is 1050 g/mol. The predicted molar refractivity (Wildman–Crippen MR) is 209 cm³/mol. The third-order valence-electron chi connectivity index (χ3n) is 6.69. The molecule has 0 bridgehead atoms. The van der Waals surface area contributed by atoms with Crippen molar-refractivity contribution < 1.29 is 76.6 Å². The molecule has 4 aromatic heterocycles. The number of halogens is 12. The monoisotopic (exact) mass is 1070 g/mol. The molecule has 6 rings (SSSR count). The zero-order chi connectivity index (χ0) is 40.8. The number of nitrogens with two attached hydrogens (primary N) is 1. The quantitative estimate of drug-likeness (QED) is 0.0367. The summed E-state index contributed by atoms with van der Waals surface area (Å²) in [6.07, 6.45) is 2.41. The number of hydrogen-bond acceptors (Lipinski definition) is 9. The Morgan fingerprint density at radius 2 is 1.16 bits per heavy atom. The van der Waals surface area contributed by atoms with Crippen molar-refractivity contribution in [2.24, 2.45) is 0 Å². The van der Waals surface area contributed by atoms with E-state index in [9.17, 15) is 43.2 Å². The lowest BCUT2D eigenvalue weighted by molar-refractivity contribution is -0.0000199. The largest absolute Gasteiger partial charge is 1.00 e. The van der Waals surface area contributed by atoms with Gasteiger partial charge in [0.2, 0.25) is 0 Å². The lowest BCUT2D eigenvalue weighted by atomic mass is 10.2. The van der Waals surface area contributed by atoms with Crippen LogP contribution in [0.5, 0.6) is 11.5 Å². The second kappa shape index (κ2) is 22.3. The third kappa shape index (κ3) is 12.6. The van der Waals surface area contributed by atoms with E-state index in [1.807, 2.05) is 4.72 Å². The van der Waals surface area contributed by atoms with Crippen LogP contribution in [0.4, 0.5) is 38.0 Å². The van der Waals surface area contributed by atoms with Crippen LogP contribution in [-0.4, -0.2) is 63.3 Å². The van der Waals surface area contributed by atoms with Gasteiger partial charge < -0.3 is 56.6 Å². The van der Waals surface area contributed by atoms with Crippen LogP contribution in [0.3, 0.4) is 0 Å². The number of anilines is 2. The van der Waals surface area contributed by atoms with E-state index in [1.165, 1.54) is 24.4 Å². The van der Waals surface area contributed by atoms with Gasteiger partial charge in [-0.25, -0.2) is 34.4 Å². The highest BCUT2D eigenvalue weighted by molar-refractivity contribution is 8.14. The molecule has 6 aromatic rings. The summed E-state index contributed by atoms with van der Waals surface area (Å²) in [5, 5.41) is 1.58. The van der Waals surface area contributed by atoms with Crippen LogP contribution in [0.25, 0.3) is 21.8 Å². The van der Waals surface area contributed by atoms with E-state index in [4.69, 9.17) is 62.8 Å². The van der Waals surface area contributed by atoms with Crippen LogP contribution >= 0.6 is 57.1 Å². The van der Waals surface area contributed by atoms with Crippen LogP contribution in [0, 0.1) is 31.0 Å². The Balaban J connectivity index is 0.000000463. The molecule has 320 valence electrons. The molecule has 0 unspecified atom stereocenters. The Kier molecular flexibility index (Phi) is 20.3. The zero-order valence-corrected chi connectivity index (χ0v) is 35.8. The number of sulfonamides is 1. The number of alkyl halides is 2. The van der Waals surface area contributed by atoms with Crippen LogP contribution in [0.1, 0.15) is 7.43 Å². The van der Waals surface area contributed by atoms with Crippen LogP contribution in [0.2, 0.25) is 20.1 Å². The fourth-order valence-corrected chi connectivity index (χ4v) is 7.27. The molecule has 0 radical (unpaired) electrons. The highest BCUT2D eigenvalue weighted by atomic mass is 127. The number of aromatic nitrogens is 4. The van der Waals surface area contributed by atoms with Gasteiger partial charge in [0.05, 0.1) is 31.1 Å². The summed E-state index contributed by atoms with van der Waals surface area (Å²) < 4.78 is 136. The molecule has 0 spiro atoms. The standard InChI is InChI=1S/C15H10Cl2F3N3O3S.C8H4Cl3NO2S.C7H7F3N2O.CH4.CH3.HI/c16-8-2-1-7-11(6-21-13(7)12(8)17)27(24,25)23-15-9(19)5-10(14(20)22-15)26-4-3-18;9-5-2-1-4-6(15(11,13)14)3-12-8(4)7(5)10;8-1-2-13-5-3-4(9)7(11)12-6(5)10;;;/h1-2,5-6,21H,3-4H2,(H,22,23);1-3,12H;3H,1-2H2,(H2,11,12);1H4;1H3;1H/q;;;;-1;/p-1. The molecule has 0 saturated heterocycles. The average molecular weight is 1070 g/mol. The minimum Gasteiger partial charge on any atom is -1.00 e. The molecule has 0 aliphatic carbocycles. The summed E-state index contributed by atoms with van der Waals surface area (Å²) in [7, 11) is -2.88. The number of nitrogen functional groups attached to an aromatic ring is 1. The maximum atomic E-state index is 14.1. The highest BCUT2D eigenvalue weighted by Crippen LogP contribution is 2.36. The number of ether oxygens (including phenoxy) is 2. The molecule has 0 amide bonds. The second-order valence-electron chi connectivity index (χ2n) is 10.2. The van der Waals surface area contributed by atoms with Gasteiger partial charge in [-0.05, 0) is 24.3 Å². The lowest BCUT2D eigenvalue weighted by Gasteiger charge is -2.10. The van der Waals surface area contributed by atoms with Gasteiger partial charge in [-0.2, -0.15) is 18.7 Å². The van der Waals surface area contributed by atoms with Crippen molar-refractivity contribution >= 4 is 110 Å². The van der Waals surface area contributed by atoms with Gasteiger partial charge in [-0.3, -0.25) is 4.72 Å². The number of H-pyrrole nitrogens is 2. The molecule has 58 heavy (non-hydrogen) atoms. The average Bonchev–Trinajstić information content (AvgIpc) is 3.77. The summed E-state index contributed by atoms with van der Waals surface area (Å²) >= 11 is 23.6. The predicted octanol–water partition coefficient (Wildman–Crippen LogP) is 7.08. The van der Waals surface area contributed by atoms with Crippen molar-refractivity contribution in [2.75, 3.05) is 37.0 Å². The fourth-order valence-electron chi connectivity index (χ4n) is 4.32. The van der Waals surface area contributed by atoms with Gasteiger partial charge in [-0.15, -0.1) is 0 Å². The molecule has 5 N–H and O–H groups in total. The van der Waals surface area contributed by atoms with Gasteiger partial charge >= 0.3 is 0 Å². The van der Waals surface area contributed by atoms with Gasteiger partial charge in [0.15, 0.2) is 34.8 Å². The fraction of sp³-hybridized carbons (Fsp3) is 0.156. The number of hydrogen-bond donors (Lipinski definition) is 4. The maximum absolute atomic E-state index is 14.1. The third-order valence-corrected chi connectivity index (χ3v) is 11.0. The molecule has 0 fully saturated rings. The first kappa shape index (κ1) is 52.7. The summed E-state index contributed by atoms with van der Waals surface area (Å²) in [5.41, 5.74) is 5.69. The molecular formula is C32H28Cl5F6IN6O6S2-2. The molecule has 0 saturated carbocycles. The highest BCUT2D eigenvalue weighted by Gasteiger charge is 2.24. The molecule has 0 aliphatic heterocycles. The van der Waals surface area contributed by atoms with Crippen molar-refractivity contribution in [1.82, 2.24) is 19.9 Å². The van der Waals surface area contributed by atoms with E-state index in [-0.39, 0.29) is 81.2 Å². The molecule has 0 atom stereocenters. The number of rotatable bonds is 10. The van der Waals surface area contributed by atoms with E-state index < -0.39 is 85.7 Å². The first-order valence-electron chi connectivity index (χ1n) is 14.5. The van der Waals surface area contributed by atoms with Crippen molar-refractivity contribution in [3.05, 3.63) is 99.8 Å². The van der Waals surface area contributed by atoms with Gasteiger partial charge in [0.1, 0.15) is 36.4 Å². The smallest absolute Gasteiger partial charge is 0.265 e. The Morgan fingerprint density at radius 1 is 0.724 bits per heavy atom. The Labute approximate surface area is 369 Å². The first-order valence-corrected chi connectivity index (χ1v) is 19.8. The number of nitrogens with one attached hydrogen (secondary N) is 3. The molecule has 4 heterocycles. The Morgan fingerprint density at radius 3 is 1.62 bits per heavy atom. The second-order valence-corrected chi connectivity index (χ2v) is 16.0.